The Balaban J connectivity index is 1.87. The number of nitrogens with one attached hydrogen (secondary N) is 1. The third-order valence-electron chi connectivity index (χ3n) is 2.81. The van der Waals surface area contributed by atoms with E-state index in [1.54, 1.807) is 0 Å². The van der Waals surface area contributed by atoms with Crippen LogP contribution in [0, 0.1) is 16.0 Å². The van der Waals surface area contributed by atoms with Gasteiger partial charge >= 0.3 is 5.00 Å². The van der Waals surface area contributed by atoms with E-state index in [-0.39, 0.29) is 17.0 Å². The van der Waals surface area contributed by atoms with Gasteiger partial charge in [0.25, 0.3) is 0 Å². The first-order chi connectivity index (χ1) is 7.66. The number of aromatic nitrogens is 1. The van der Waals surface area contributed by atoms with Crippen molar-refractivity contribution in [3.05, 3.63) is 16.3 Å². The summed E-state index contributed by atoms with van der Waals surface area (Å²) >= 11 is 1.02. The molecule has 2 atom stereocenters. The van der Waals surface area contributed by atoms with Crippen molar-refractivity contribution in [3.8, 4) is 0 Å². The second kappa shape index (κ2) is 4.75. The first-order valence-corrected chi connectivity index (χ1v) is 6.00. The monoisotopic (exact) mass is 243 g/mol. The van der Waals surface area contributed by atoms with Gasteiger partial charge in [0.15, 0.2) is 5.13 Å². The Morgan fingerprint density at radius 3 is 3.06 bits per heavy atom. The van der Waals surface area contributed by atoms with E-state index < -0.39 is 4.92 Å². The number of aliphatic hydroxyl groups excluding tert-OH is 1. The van der Waals surface area contributed by atoms with Crippen LogP contribution in [0.4, 0.5) is 10.1 Å². The molecule has 16 heavy (non-hydrogen) atoms. The minimum Gasteiger partial charge on any atom is -0.393 e. The molecule has 0 aliphatic heterocycles. The number of nitrogens with zero attached hydrogens (tertiary/aromatic N) is 2. The van der Waals surface area contributed by atoms with E-state index in [9.17, 15) is 15.2 Å². The second-order valence-electron chi connectivity index (χ2n) is 3.90. The molecule has 6 nitrogen and oxygen atoms in total. The molecule has 0 radical (unpaired) electrons. The molecule has 1 saturated carbocycles. The molecule has 1 aliphatic rings. The average molecular weight is 243 g/mol. The lowest BCUT2D eigenvalue weighted by atomic mass is 10.1. The highest BCUT2D eigenvalue weighted by atomic mass is 32.1. The molecule has 0 saturated heterocycles. The summed E-state index contributed by atoms with van der Waals surface area (Å²) in [6.07, 6.45) is 3.90. The SMILES string of the molecule is O=[N+]([O-])c1cnc(NCC2CCCC2O)s1. The van der Waals surface area contributed by atoms with Crippen LogP contribution in [0.2, 0.25) is 0 Å². The Morgan fingerprint density at radius 1 is 1.69 bits per heavy atom. The molecule has 1 heterocycles. The van der Waals surface area contributed by atoms with Crippen LogP contribution in [-0.2, 0) is 0 Å². The van der Waals surface area contributed by atoms with Crippen LogP contribution in [0.25, 0.3) is 0 Å². The van der Waals surface area contributed by atoms with Crippen molar-refractivity contribution in [1.82, 2.24) is 4.98 Å². The second-order valence-corrected chi connectivity index (χ2v) is 4.91. The number of anilines is 1. The summed E-state index contributed by atoms with van der Waals surface area (Å²) in [5.74, 6) is 0.239. The van der Waals surface area contributed by atoms with Crippen molar-refractivity contribution in [2.75, 3.05) is 11.9 Å². The standard InChI is InChI=1S/C9H13N3O3S/c13-7-3-1-2-6(7)4-10-9-11-5-8(16-9)12(14)15/h5-7,13H,1-4H2,(H,10,11). The Morgan fingerprint density at radius 2 is 2.50 bits per heavy atom. The predicted molar refractivity (Wildman–Crippen MR) is 60.6 cm³/mol. The van der Waals surface area contributed by atoms with Gasteiger partial charge in [-0.3, -0.25) is 10.1 Å². The molecule has 1 fully saturated rings. The lowest BCUT2D eigenvalue weighted by molar-refractivity contribution is -0.380. The van der Waals surface area contributed by atoms with Gasteiger partial charge in [0.05, 0.1) is 11.0 Å². The van der Waals surface area contributed by atoms with Crippen LogP contribution in [0.15, 0.2) is 6.20 Å². The summed E-state index contributed by atoms with van der Waals surface area (Å²) in [7, 11) is 0. The van der Waals surface area contributed by atoms with Crippen molar-refractivity contribution in [1.29, 1.82) is 0 Å². The van der Waals surface area contributed by atoms with Gasteiger partial charge in [-0.2, -0.15) is 0 Å². The minimum atomic E-state index is -0.451. The van der Waals surface area contributed by atoms with E-state index in [0.717, 1.165) is 30.6 Å². The van der Waals surface area contributed by atoms with E-state index in [0.29, 0.717) is 11.7 Å². The molecular weight excluding hydrogens is 230 g/mol. The quantitative estimate of drug-likeness (QED) is 0.619. The zero-order chi connectivity index (χ0) is 11.5. The summed E-state index contributed by atoms with van der Waals surface area (Å²) in [5.41, 5.74) is 0. The van der Waals surface area contributed by atoms with Crippen LogP contribution >= 0.6 is 11.3 Å². The molecule has 0 aromatic carbocycles. The van der Waals surface area contributed by atoms with Crippen LogP contribution in [0.1, 0.15) is 19.3 Å². The summed E-state index contributed by atoms with van der Waals surface area (Å²) in [5, 5.41) is 23.6. The van der Waals surface area contributed by atoms with Crippen molar-refractivity contribution >= 4 is 21.5 Å². The van der Waals surface area contributed by atoms with Gasteiger partial charge in [0, 0.05) is 12.5 Å². The van der Waals surface area contributed by atoms with Crippen LogP contribution in [0.5, 0.6) is 0 Å². The smallest absolute Gasteiger partial charge is 0.345 e. The van der Waals surface area contributed by atoms with Gasteiger partial charge in [-0.1, -0.05) is 6.42 Å². The fourth-order valence-electron chi connectivity index (χ4n) is 1.91. The molecular formula is C9H13N3O3S. The lowest BCUT2D eigenvalue weighted by Crippen LogP contribution is -2.21. The van der Waals surface area contributed by atoms with E-state index in [2.05, 4.69) is 10.3 Å². The molecule has 0 spiro atoms. The normalized spacial score (nSPS) is 24.6. The maximum atomic E-state index is 10.4. The maximum absolute atomic E-state index is 10.4. The van der Waals surface area contributed by atoms with Crippen molar-refractivity contribution in [3.63, 3.8) is 0 Å². The van der Waals surface area contributed by atoms with Crippen LogP contribution < -0.4 is 5.32 Å². The maximum Gasteiger partial charge on any atom is 0.345 e. The first kappa shape index (κ1) is 11.3. The molecule has 2 unspecified atom stereocenters. The fraction of sp³-hybridized carbons (Fsp3) is 0.667. The molecule has 0 bridgehead atoms. The number of hydrogen-bond donors (Lipinski definition) is 2. The number of hydrogen-bond acceptors (Lipinski definition) is 6. The molecule has 2 rings (SSSR count). The van der Waals surface area contributed by atoms with E-state index >= 15 is 0 Å². The number of nitro groups is 1. The molecule has 88 valence electrons. The Bertz CT molecular complexity index is 382. The molecule has 7 heteroatoms. The molecule has 1 aromatic rings. The third-order valence-corrected chi connectivity index (χ3v) is 3.71. The average Bonchev–Trinajstić information content (AvgIpc) is 2.83. The van der Waals surface area contributed by atoms with E-state index in [1.165, 1.54) is 6.20 Å². The highest BCUT2D eigenvalue weighted by Crippen LogP contribution is 2.28. The van der Waals surface area contributed by atoms with Gasteiger partial charge in [-0.05, 0) is 24.2 Å². The highest BCUT2D eigenvalue weighted by molar-refractivity contribution is 7.18. The van der Waals surface area contributed by atoms with Gasteiger partial charge in [-0.25, -0.2) is 4.98 Å². The lowest BCUT2D eigenvalue weighted by Gasteiger charge is -2.13. The number of rotatable bonds is 4. The number of aliphatic hydroxyl groups is 1. The zero-order valence-corrected chi connectivity index (χ0v) is 9.44. The molecule has 0 amide bonds. The molecule has 1 aliphatic carbocycles. The van der Waals surface area contributed by atoms with Crippen molar-refractivity contribution in [2.45, 2.75) is 25.4 Å². The van der Waals surface area contributed by atoms with Crippen molar-refractivity contribution in [2.24, 2.45) is 5.92 Å². The summed E-state index contributed by atoms with van der Waals surface area (Å²) in [6.45, 7) is 0.631. The third kappa shape index (κ3) is 2.48. The largest absolute Gasteiger partial charge is 0.393 e. The van der Waals surface area contributed by atoms with Crippen LogP contribution in [-0.4, -0.2) is 27.7 Å². The van der Waals surface area contributed by atoms with Gasteiger partial charge in [-0.15, -0.1) is 0 Å². The summed E-state index contributed by atoms with van der Waals surface area (Å²) in [6, 6.07) is 0. The van der Waals surface area contributed by atoms with Crippen LogP contribution in [0.3, 0.4) is 0 Å². The van der Waals surface area contributed by atoms with Gasteiger partial charge in [0.1, 0.15) is 6.20 Å². The summed E-state index contributed by atoms with van der Waals surface area (Å²) in [4.78, 5) is 13.9. The predicted octanol–water partition coefficient (Wildman–Crippen LogP) is 1.62. The van der Waals surface area contributed by atoms with Gasteiger partial charge in [0.2, 0.25) is 0 Å². The van der Waals surface area contributed by atoms with Gasteiger partial charge < -0.3 is 10.4 Å². The van der Waals surface area contributed by atoms with E-state index in [4.69, 9.17) is 0 Å². The molecule has 2 N–H and O–H groups in total. The minimum absolute atomic E-state index is 0.0365. The van der Waals surface area contributed by atoms with Crippen molar-refractivity contribution < 1.29 is 10.0 Å². The number of thiazole rings is 1. The Hall–Kier alpha value is -1.21. The highest BCUT2D eigenvalue weighted by Gasteiger charge is 2.25. The Labute approximate surface area is 96.5 Å². The fourth-order valence-corrected chi connectivity index (χ4v) is 2.54. The summed E-state index contributed by atoms with van der Waals surface area (Å²) < 4.78 is 0. The Kier molecular flexibility index (Phi) is 3.35. The topological polar surface area (TPSA) is 88.3 Å². The first-order valence-electron chi connectivity index (χ1n) is 5.19. The zero-order valence-electron chi connectivity index (χ0n) is 8.63. The molecule has 1 aromatic heterocycles. The van der Waals surface area contributed by atoms with E-state index in [1.807, 2.05) is 0 Å².